The highest BCUT2D eigenvalue weighted by Gasteiger charge is 2.24. The third-order valence-electron chi connectivity index (χ3n) is 2.79. The fraction of sp³-hybridized carbons (Fsp3) is 0.286. The molecule has 0 saturated carbocycles. The van der Waals surface area contributed by atoms with E-state index in [9.17, 15) is 4.79 Å². The lowest BCUT2D eigenvalue weighted by Gasteiger charge is -2.10. The van der Waals surface area contributed by atoms with Crippen LogP contribution in [-0.2, 0) is 4.74 Å². The quantitative estimate of drug-likeness (QED) is 0.615. The van der Waals surface area contributed by atoms with Gasteiger partial charge in [-0.1, -0.05) is 32.0 Å². The molecule has 0 radical (unpaired) electrons. The minimum absolute atomic E-state index is 0.262. The number of para-hydroxylation sites is 1. The maximum Gasteiger partial charge on any atom is 0.359 e. The molecule has 1 heterocycles. The Bertz CT molecular complexity index is 591. The number of hydrogen-bond acceptors (Lipinski definition) is 3. The van der Waals surface area contributed by atoms with Gasteiger partial charge in [-0.05, 0) is 40.6 Å². The van der Waals surface area contributed by atoms with E-state index in [0.29, 0.717) is 5.69 Å². The van der Waals surface area contributed by atoms with Crippen molar-refractivity contribution in [1.82, 2.24) is 9.78 Å². The first kappa shape index (κ1) is 14.0. The van der Waals surface area contributed by atoms with Gasteiger partial charge in [-0.25, -0.2) is 9.48 Å². The fourth-order valence-electron chi connectivity index (χ4n) is 1.90. The van der Waals surface area contributed by atoms with Gasteiger partial charge in [0, 0.05) is 0 Å². The van der Waals surface area contributed by atoms with Crippen molar-refractivity contribution in [2.24, 2.45) is 0 Å². The van der Waals surface area contributed by atoms with E-state index in [4.69, 9.17) is 4.74 Å². The average molecular weight is 370 g/mol. The standard InChI is InChI=1S/C14H15IN2O2/c1-9(2)13-11(15)12(14(18)19-3)16-17(13)10-7-5-4-6-8-10/h4-9H,1-3H3. The molecule has 0 fully saturated rings. The van der Waals surface area contributed by atoms with E-state index in [2.05, 4.69) is 41.5 Å². The van der Waals surface area contributed by atoms with Crippen LogP contribution in [0.25, 0.3) is 5.69 Å². The van der Waals surface area contributed by atoms with E-state index in [1.165, 1.54) is 7.11 Å². The molecule has 19 heavy (non-hydrogen) atoms. The van der Waals surface area contributed by atoms with Crippen LogP contribution in [0.15, 0.2) is 30.3 Å². The number of aromatic nitrogens is 2. The van der Waals surface area contributed by atoms with Crippen molar-refractivity contribution < 1.29 is 9.53 Å². The van der Waals surface area contributed by atoms with Crippen molar-refractivity contribution >= 4 is 28.6 Å². The van der Waals surface area contributed by atoms with Crippen LogP contribution in [0.4, 0.5) is 0 Å². The van der Waals surface area contributed by atoms with Gasteiger partial charge in [0.25, 0.3) is 0 Å². The summed E-state index contributed by atoms with van der Waals surface area (Å²) in [6.07, 6.45) is 0. The summed E-state index contributed by atoms with van der Waals surface area (Å²) in [5.74, 6) is -0.140. The van der Waals surface area contributed by atoms with Crippen LogP contribution in [0.5, 0.6) is 0 Å². The zero-order valence-corrected chi connectivity index (χ0v) is 13.2. The van der Waals surface area contributed by atoms with Crippen LogP contribution in [0, 0.1) is 3.57 Å². The number of nitrogens with zero attached hydrogens (tertiary/aromatic N) is 2. The minimum Gasteiger partial charge on any atom is -0.464 e. The Morgan fingerprint density at radius 3 is 2.47 bits per heavy atom. The Labute approximate surface area is 125 Å². The van der Waals surface area contributed by atoms with E-state index >= 15 is 0 Å². The largest absolute Gasteiger partial charge is 0.464 e. The molecule has 2 aromatic rings. The predicted octanol–water partition coefficient (Wildman–Crippen LogP) is 3.39. The number of carbonyl (C=O) groups excluding carboxylic acids is 1. The molecule has 0 spiro atoms. The van der Waals surface area contributed by atoms with Crippen molar-refractivity contribution in [2.45, 2.75) is 19.8 Å². The second-order valence-electron chi connectivity index (χ2n) is 4.44. The van der Waals surface area contributed by atoms with Crippen molar-refractivity contribution in [3.05, 3.63) is 45.3 Å². The molecule has 1 aromatic heterocycles. The first-order chi connectivity index (χ1) is 9.06. The summed E-state index contributed by atoms with van der Waals surface area (Å²) in [4.78, 5) is 11.8. The van der Waals surface area contributed by atoms with E-state index in [-0.39, 0.29) is 5.92 Å². The molecule has 100 valence electrons. The number of methoxy groups -OCH3 is 1. The number of carbonyl (C=O) groups is 1. The van der Waals surface area contributed by atoms with Crippen LogP contribution in [0.3, 0.4) is 0 Å². The van der Waals surface area contributed by atoms with Gasteiger partial charge in [-0.3, -0.25) is 0 Å². The minimum atomic E-state index is -0.402. The summed E-state index contributed by atoms with van der Waals surface area (Å²) < 4.78 is 7.45. The molecule has 1 aromatic carbocycles. The number of ether oxygens (including phenoxy) is 1. The zero-order valence-electron chi connectivity index (χ0n) is 11.1. The van der Waals surface area contributed by atoms with Crippen molar-refractivity contribution in [2.75, 3.05) is 7.11 Å². The molecule has 0 amide bonds. The van der Waals surface area contributed by atoms with E-state index in [1.54, 1.807) is 0 Å². The van der Waals surface area contributed by atoms with E-state index in [1.807, 2.05) is 35.0 Å². The van der Waals surface area contributed by atoms with Gasteiger partial charge in [0.1, 0.15) is 0 Å². The Balaban J connectivity index is 2.64. The summed E-state index contributed by atoms with van der Waals surface area (Å²) in [5.41, 5.74) is 2.34. The Morgan fingerprint density at radius 2 is 1.95 bits per heavy atom. The normalized spacial score (nSPS) is 10.8. The van der Waals surface area contributed by atoms with Crippen LogP contribution in [0.2, 0.25) is 0 Å². The molecular weight excluding hydrogens is 355 g/mol. The Hall–Kier alpha value is -1.37. The highest BCUT2D eigenvalue weighted by atomic mass is 127. The second kappa shape index (κ2) is 5.73. The second-order valence-corrected chi connectivity index (χ2v) is 5.52. The average Bonchev–Trinajstić information content (AvgIpc) is 2.76. The molecule has 0 aliphatic heterocycles. The summed E-state index contributed by atoms with van der Waals surface area (Å²) in [7, 11) is 1.37. The molecule has 5 heteroatoms. The third kappa shape index (κ3) is 2.65. The highest BCUT2D eigenvalue weighted by Crippen LogP contribution is 2.27. The zero-order chi connectivity index (χ0) is 14.0. The van der Waals surface area contributed by atoms with Crippen LogP contribution in [0.1, 0.15) is 35.9 Å². The van der Waals surface area contributed by atoms with Gasteiger partial charge in [-0.15, -0.1) is 0 Å². The maximum atomic E-state index is 11.8. The van der Waals surface area contributed by atoms with Gasteiger partial charge in [0.15, 0.2) is 5.69 Å². The molecule has 0 saturated heterocycles. The summed E-state index contributed by atoms with van der Waals surface area (Å²) in [5, 5.41) is 4.41. The van der Waals surface area contributed by atoms with Gasteiger partial charge >= 0.3 is 5.97 Å². The number of halogens is 1. The highest BCUT2D eigenvalue weighted by molar-refractivity contribution is 14.1. The summed E-state index contributed by atoms with van der Waals surface area (Å²) in [6, 6.07) is 9.79. The lowest BCUT2D eigenvalue weighted by molar-refractivity contribution is 0.0592. The smallest absolute Gasteiger partial charge is 0.359 e. The third-order valence-corrected chi connectivity index (χ3v) is 3.85. The molecule has 0 bridgehead atoms. The van der Waals surface area contributed by atoms with Crippen LogP contribution < -0.4 is 0 Å². The lowest BCUT2D eigenvalue weighted by Crippen LogP contribution is -2.05. The van der Waals surface area contributed by atoms with Gasteiger partial charge < -0.3 is 4.74 Å². The molecule has 0 unspecified atom stereocenters. The van der Waals surface area contributed by atoms with Gasteiger partial charge in [0.2, 0.25) is 0 Å². The molecule has 4 nitrogen and oxygen atoms in total. The van der Waals surface area contributed by atoms with Gasteiger partial charge in [0.05, 0.1) is 22.1 Å². The van der Waals surface area contributed by atoms with Crippen LogP contribution >= 0.6 is 22.6 Å². The van der Waals surface area contributed by atoms with E-state index < -0.39 is 5.97 Å². The van der Waals surface area contributed by atoms with Crippen LogP contribution in [-0.4, -0.2) is 22.9 Å². The predicted molar refractivity (Wildman–Crippen MR) is 81.7 cm³/mol. The molecular formula is C14H15IN2O2. The van der Waals surface area contributed by atoms with Gasteiger partial charge in [-0.2, -0.15) is 5.10 Å². The Kier molecular flexibility index (Phi) is 4.24. The first-order valence-electron chi connectivity index (χ1n) is 5.98. The van der Waals surface area contributed by atoms with Crippen molar-refractivity contribution in [3.63, 3.8) is 0 Å². The maximum absolute atomic E-state index is 11.8. The van der Waals surface area contributed by atoms with Crippen molar-refractivity contribution in [1.29, 1.82) is 0 Å². The number of hydrogen-bond donors (Lipinski definition) is 0. The van der Waals surface area contributed by atoms with E-state index in [0.717, 1.165) is 15.0 Å². The first-order valence-corrected chi connectivity index (χ1v) is 7.06. The summed E-state index contributed by atoms with van der Waals surface area (Å²) in [6.45, 7) is 4.17. The lowest BCUT2D eigenvalue weighted by atomic mass is 10.1. The molecule has 0 N–H and O–H groups in total. The van der Waals surface area contributed by atoms with Crippen molar-refractivity contribution in [3.8, 4) is 5.69 Å². The monoisotopic (exact) mass is 370 g/mol. The number of rotatable bonds is 3. The number of benzene rings is 1. The molecule has 0 aliphatic carbocycles. The fourth-order valence-corrected chi connectivity index (χ4v) is 3.08. The molecule has 0 aliphatic rings. The topological polar surface area (TPSA) is 44.1 Å². The molecule has 2 rings (SSSR count). The summed E-state index contributed by atoms with van der Waals surface area (Å²) >= 11 is 2.16. The SMILES string of the molecule is COC(=O)c1nn(-c2ccccc2)c(C(C)C)c1I. The number of esters is 1. The Morgan fingerprint density at radius 1 is 1.32 bits per heavy atom. The molecule has 0 atom stereocenters.